The van der Waals surface area contributed by atoms with Gasteiger partial charge < -0.3 is 29.5 Å². The number of benzene rings is 4. The summed E-state index contributed by atoms with van der Waals surface area (Å²) in [5.41, 5.74) is 4.81. The number of nitro groups is 1. The van der Waals surface area contributed by atoms with Gasteiger partial charge in [-0.25, -0.2) is 0 Å². The van der Waals surface area contributed by atoms with E-state index in [9.17, 15) is 19.7 Å². The molecule has 0 spiro atoms. The molecule has 1 fully saturated rings. The summed E-state index contributed by atoms with van der Waals surface area (Å²) in [6.45, 7) is 2.93. The summed E-state index contributed by atoms with van der Waals surface area (Å²) in [6.07, 6.45) is -0.391. The summed E-state index contributed by atoms with van der Waals surface area (Å²) in [5, 5.41) is 14.5. The third-order valence-corrected chi connectivity index (χ3v) is 8.28. The van der Waals surface area contributed by atoms with Gasteiger partial charge in [-0.3, -0.25) is 19.7 Å². The van der Waals surface area contributed by atoms with Crippen LogP contribution in [0.3, 0.4) is 0 Å². The Morgan fingerprint density at radius 1 is 0.886 bits per heavy atom. The molecular weight excluding hydrogens is 562 g/mol. The molecule has 0 bridgehead atoms. The Hall–Kier alpha value is -5.58. The zero-order valence-corrected chi connectivity index (χ0v) is 23.7. The number of piperazine rings is 1. The molecule has 2 amide bonds. The Balaban J connectivity index is 1.02. The van der Waals surface area contributed by atoms with Crippen LogP contribution in [-0.4, -0.2) is 59.5 Å². The third-order valence-electron chi connectivity index (χ3n) is 8.28. The maximum absolute atomic E-state index is 13.5. The molecule has 4 aromatic carbocycles. The van der Waals surface area contributed by atoms with Crippen molar-refractivity contribution in [2.75, 3.05) is 43.2 Å². The Morgan fingerprint density at radius 2 is 1.61 bits per heavy atom. The topological polar surface area (TPSA) is 117 Å². The van der Waals surface area contributed by atoms with Crippen molar-refractivity contribution < 1.29 is 24.0 Å². The first-order valence-electron chi connectivity index (χ1n) is 14.4. The average Bonchev–Trinajstić information content (AvgIpc) is 3.63. The largest absolute Gasteiger partial charge is 0.454 e. The smallest absolute Gasteiger partial charge is 0.269 e. The van der Waals surface area contributed by atoms with Crippen LogP contribution in [0.1, 0.15) is 38.0 Å². The van der Waals surface area contributed by atoms with Crippen molar-refractivity contribution in [1.29, 1.82) is 0 Å². The van der Waals surface area contributed by atoms with Gasteiger partial charge in [-0.1, -0.05) is 24.3 Å². The summed E-state index contributed by atoms with van der Waals surface area (Å²) in [7, 11) is 0. The SMILES string of the molecule is O=C(c1ccc(NC2c3ccccc3C(=O)N2Cc2ccc3c(c2)OCO3)cc1)N1CCN(c2ccc([N+](=O)[O-])cc2)CC1. The number of nitro benzene ring substituents is 1. The number of amides is 2. The van der Waals surface area contributed by atoms with E-state index in [0.717, 1.165) is 22.5 Å². The molecule has 3 heterocycles. The summed E-state index contributed by atoms with van der Waals surface area (Å²) >= 11 is 0. The van der Waals surface area contributed by atoms with Crippen LogP contribution in [0.25, 0.3) is 0 Å². The van der Waals surface area contributed by atoms with Crippen molar-refractivity contribution >= 4 is 28.9 Å². The van der Waals surface area contributed by atoms with E-state index in [2.05, 4.69) is 10.2 Å². The number of hydrogen-bond donors (Lipinski definition) is 1. The van der Waals surface area contributed by atoms with Gasteiger partial charge in [0.25, 0.3) is 17.5 Å². The fraction of sp³-hybridized carbons (Fsp3) is 0.212. The molecule has 0 aromatic heterocycles. The molecule has 11 heteroatoms. The molecule has 222 valence electrons. The fourth-order valence-corrected chi connectivity index (χ4v) is 5.93. The lowest BCUT2D eigenvalue weighted by atomic mass is 10.1. The zero-order valence-electron chi connectivity index (χ0n) is 23.7. The highest BCUT2D eigenvalue weighted by Gasteiger charge is 2.36. The minimum Gasteiger partial charge on any atom is -0.454 e. The number of anilines is 2. The van der Waals surface area contributed by atoms with E-state index in [1.807, 2.05) is 59.5 Å². The second-order valence-corrected chi connectivity index (χ2v) is 10.9. The summed E-state index contributed by atoms with van der Waals surface area (Å²) in [6, 6.07) is 27.1. The van der Waals surface area contributed by atoms with Gasteiger partial charge in [0.2, 0.25) is 6.79 Å². The highest BCUT2D eigenvalue weighted by atomic mass is 16.7. The third kappa shape index (κ3) is 5.13. The summed E-state index contributed by atoms with van der Waals surface area (Å²) < 4.78 is 11.0. The van der Waals surface area contributed by atoms with Crippen LogP contribution in [0.2, 0.25) is 0 Å². The molecule has 1 atom stereocenters. The van der Waals surface area contributed by atoms with E-state index in [1.165, 1.54) is 12.1 Å². The Bertz CT molecular complexity index is 1730. The van der Waals surface area contributed by atoms with E-state index in [1.54, 1.807) is 29.2 Å². The molecule has 1 unspecified atom stereocenters. The second-order valence-electron chi connectivity index (χ2n) is 10.9. The molecule has 1 N–H and O–H groups in total. The number of rotatable bonds is 7. The molecule has 44 heavy (non-hydrogen) atoms. The number of hydrogen-bond acceptors (Lipinski definition) is 8. The number of ether oxygens (including phenoxy) is 2. The molecule has 0 saturated carbocycles. The van der Waals surface area contributed by atoms with Crippen LogP contribution in [0.15, 0.2) is 91.0 Å². The lowest BCUT2D eigenvalue weighted by Gasteiger charge is -2.36. The monoisotopic (exact) mass is 591 g/mol. The van der Waals surface area contributed by atoms with Gasteiger partial charge in [-0.05, 0) is 60.2 Å². The minimum atomic E-state index is -0.412. The highest BCUT2D eigenvalue weighted by molar-refractivity contribution is 5.99. The molecule has 11 nitrogen and oxygen atoms in total. The summed E-state index contributed by atoms with van der Waals surface area (Å²) in [4.78, 5) is 43.0. The predicted octanol–water partition coefficient (Wildman–Crippen LogP) is 5.05. The minimum absolute atomic E-state index is 0.0503. The van der Waals surface area contributed by atoms with Gasteiger partial charge in [0.05, 0.1) is 4.92 Å². The van der Waals surface area contributed by atoms with Crippen molar-refractivity contribution in [3.8, 4) is 11.5 Å². The first kappa shape index (κ1) is 27.3. The molecule has 0 aliphatic carbocycles. The standard InChI is InChI=1S/C33H29N5O6/c39-32(36-17-15-35(16-18-36)25-10-12-26(13-11-25)38(41)42)23-6-8-24(9-7-23)34-31-27-3-1-2-4-28(27)33(40)37(31)20-22-5-14-29-30(19-22)44-21-43-29/h1-14,19,31,34H,15-18,20-21H2. The van der Waals surface area contributed by atoms with Gasteiger partial charge in [-0.15, -0.1) is 0 Å². The van der Waals surface area contributed by atoms with Crippen molar-refractivity contribution in [1.82, 2.24) is 9.80 Å². The van der Waals surface area contributed by atoms with Crippen LogP contribution in [0.5, 0.6) is 11.5 Å². The molecule has 1 saturated heterocycles. The molecule has 3 aliphatic rings. The van der Waals surface area contributed by atoms with Crippen molar-refractivity contribution in [3.05, 3.63) is 123 Å². The van der Waals surface area contributed by atoms with Crippen molar-refractivity contribution in [2.24, 2.45) is 0 Å². The van der Waals surface area contributed by atoms with E-state index in [-0.39, 0.29) is 24.3 Å². The van der Waals surface area contributed by atoms with E-state index >= 15 is 0 Å². The maximum atomic E-state index is 13.5. The predicted molar refractivity (Wildman–Crippen MR) is 163 cm³/mol. The van der Waals surface area contributed by atoms with Gasteiger partial charge >= 0.3 is 0 Å². The molecule has 7 rings (SSSR count). The first-order chi connectivity index (χ1) is 21.4. The van der Waals surface area contributed by atoms with Crippen LogP contribution in [0.4, 0.5) is 17.1 Å². The fourth-order valence-electron chi connectivity index (χ4n) is 5.93. The normalized spacial score (nSPS) is 17.0. The first-order valence-corrected chi connectivity index (χ1v) is 14.4. The van der Waals surface area contributed by atoms with Crippen molar-refractivity contribution in [3.63, 3.8) is 0 Å². The number of fused-ring (bicyclic) bond motifs is 2. The van der Waals surface area contributed by atoms with Crippen LogP contribution < -0.4 is 19.7 Å². The van der Waals surface area contributed by atoms with Gasteiger partial charge in [0.15, 0.2) is 11.5 Å². The van der Waals surface area contributed by atoms with Gasteiger partial charge in [0, 0.05) is 72.9 Å². The molecule has 3 aliphatic heterocycles. The number of nitrogens with zero attached hydrogens (tertiary/aromatic N) is 4. The van der Waals surface area contributed by atoms with Crippen LogP contribution in [-0.2, 0) is 6.54 Å². The lowest BCUT2D eigenvalue weighted by molar-refractivity contribution is -0.384. The van der Waals surface area contributed by atoms with E-state index < -0.39 is 11.1 Å². The molecule has 0 radical (unpaired) electrons. The number of nitrogens with one attached hydrogen (secondary N) is 1. The average molecular weight is 592 g/mol. The number of carbonyl (C=O) groups is 2. The quantitative estimate of drug-likeness (QED) is 0.234. The molecule has 4 aromatic rings. The highest BCUT2D eigenvalue weighted by Crippen LogP contribution is 2.38. The van der Waals surface area contributed by atoms with Crippen molar-refractivity contribution in [2.45, 2.75) is 12.7 Å². The Morgan fingerprint density at radius 3 is 2.36 bits per heavy atom. The number of carbonyl (C=O) groups excluding carboxylic acids is 2. The lowest BCUT2D eigenvalue weighted by Crippen LogP contribution is -2.48. The van der Waals surface area contributed by atoms with Gasteiger partial charge in [-0.2, -0.15) is 0 Å². The zero-order chi connectivity index (χ0) is 30.2. The number of non-ortho nitro benzene ring substituents is 1. The Labute approximate surface area is 253 Å². The maximum Gasteiger partial charge on any atom is 0.269 e. The van der Waals surface area contributed by atoms with Crippen LogP contribution in [0, 0.1) is 10.1 Å². The summed E-state index contributed by atoms with van der Waals surface area (Å²) in [5.74, 6) is 1.26. The van der Waals surface area contributed by atoms with Crippen LogP contribution >= 0.6 is 0 Å². The van der Waals surface area contributed by atoms with Gasteiger partial charge in [0.1, 0.15) is 6.17 Å². The Kier molecular flexibility index (Phi) is 6.97. The van der Waals surface area contributed by atoms with E-state index in [0.29, 0.717) is 55.3 Å². The van der Waals surface area contributed by atoms with E-state index in [4.69, 9.17) is 9.47 Å². The second kappa shape index (κ2) is 11.3. The molecular formula is C33H29N5O6.